The topological polar surface area (TPSA) is 94.1 Å². The summed E-state index contributed by atoms with van der Waals surface area (Å²) in [6, 6.07) is 6.59. The first-order chi connectivity index (χ1) is 9.08. The highest BCUT2D eigenvalue weighted by atomic mass is 16.6. The number of aromatic nitrogens is 2. The van der Waals surface area contributed by atoms with Crippen molar-refractivity contribution >= 4 is 5.69 Å². The molecule has 0 aliphatic rings. The van der Waals surface area contributed by atoms with Crippen molar-refractivity contribution in [3.63, 3.8) is 0 Å². The number of para-hydroxylation sites is 1. The van der Waals surface area contributed by atoms with Crippen LogP contribution in [0.5, 0.6) is 0 Å². The summed E-state index contributed by atoms with van der Waals surface area (Å²) in [5.74, 6) is 0.634. The highest BCUT2D eigenvalue weighted by Crippen LogP contribution is 2.27. The molecular formula is C12H14N4O3. The molecule has 0 bridgehead atoms. The first-order valence-corrected chi connectivity index (χ1v) is 5.87. The number of nitro groups is 1. The van der Waals surface area contributed by atoms with Gasteiger partial charge < -0.3 is 9.84 Å². The largest absolute Gasteiger partial charge is 0.334 e. The summed E-state index contributed by atoms with van der Waals surface area (Å²) in [6.07, 6.45) is 0. The lowest BCUT2D eigenvalue weighted by molar-refractivity contribution is -0.384. The van der Waals surface area contributed by atoms with Crippen LogP contribution in [0.1, 0.15) is 19.7 Å². The molecule has 1 aromatic heterocycles. The molecule has 0 amide bonds. The summed E-state index contributed by atoms with van der Waals surface area (Å²) in [7, 11) is 0. The second kappa shape index (κ2) is 5.57. The molecule has 19 heavy (non-hydrogen) atoms. The van der Waals surface area contributed by atoms with E-state index in [1.807, 2.05) is 13.8 Å². The van der Waals surface area contributed by atoms with Gasteiger partial charge in [0, 0.05) is 12.1 Å². The highest BCUT2D eigenvalue weighted by Gasteiger charge is 2.19. The molecule has 1 aromatic carbocycles. The molecule has 0 aliphatic carbocycles. The maximum atomic E-state index is 10.9. The maximum Gasteiger partial charge on any atom is 0.282 e. The van der Waals surface area contributed by atoms with Gasteiger partial charge in [-0.1, -0.05) is 31.1 Å². The standard InChI is InChI=1S/C12H14N4O3/c1-8(2)13-7-11-14-12(19-15-11)9-5-3-4-6-10(9)16(17)18/h3-6,8,13H,7H2,1-2H3. The van der Waals surface area contributed by atoms with Crippen LogP contribution in [0, 0.1) is 10.1 Å². The van der Waals surface area contributed by atoms with Crippen LogP contribution < -0.4 is 5.32 Å². The maximum absolute atomic E-state index is 10.9. The van der Waals surface area contributed by atoms with Crippen molar-refractivity contribution in [2.75, 3.05) is 0 Å². The molecule has 0 fully saturated rings. The van der Waals surface area contributed by atoms with Gasteiger partial charge in [0.15, 0.2) is 5.82 Å². The van der Waals surface area contributed by atoms with Gasteiger partial charge in [0.1, 0.15) is 5.56 Å². The molecule has 0 spiro atoms. The van der Waals surface area contributed by atoms with Crippen LogP contribution >= 0.6 is 0 Å². The van der Waals surface area contributed by atoms with Gasteiger partial charge in [-0.05, 0) is 6.07 Å². The van der Waals surface area contributed by atoms with E-state index in [4.69, 9.17) is 4.52 Å². The Bertz CT molecular complexity index is 580. The molecule has 0 unspecified atom stereocenters. The van der Waals surface area contributed by atoms with E-state index in [1.165, 1.54) is 6.07 Å². The van der Waals surface area contributed by atoms with E-state index in [0.717, 1.165) is 0 Å². The summed E-state index contributed by atoms with van der Waals surface area (Å²) >= 11 is 0. The molecule has 100 valence electrons. The lowest BCUT2D eigenvalue weighted by Crippen LogP contribution is -2.22. The average molecular weight is 262 g/mol. The van der Waals surface area contributed by atoms with Crippen LogP contribution in [0.15, 0.2) is 28.8 Å². The van der Waals surface area contributed by atoms with Crippen molar-refractivity contribution in [3.05, 3.63) is 40.2 Å². The van der Waals surface area contributed by atoms with Crippen LogP contribution in [-0.4, -0.2) is 21.1 Å². The fourth-order valence-electron chi connectivity index (χ4n) is 1.54. The molecule has 0 aliphatic heterocycles. The molecule has 1 N–H and O–H groups in total. The third kappa shape index (κ3) is 3.14. The lowest BCUT2D eigenvalue weighted by Gasteiger charge is -2.03. The van der Waals surface area contributed by atoms with Gasteiger partial charge in [-0.2, -0.15) is 4.98 Å². The number of nitro benzene ring substituents is 1. The summed E-state index contributed by atoms with van der Waals surface area (Å²) < 4.78 is 5.07. The zero-order chi connectivity index (χ0) is 13.8. The van der Waals surface area contributed by atoms with E-state index in [0.29, 0.717) is 24.0 Å². The molecule has 1 heterocycles. The van der Waals surface area contributed by atoms with E-state index in [9.17, 15) is 10.1 Å². The number of hydrogen-bond donors (Lipinski definition) is 1. The number of hydrogen-bond acceptors (Lipinski definition) is 6. The second-order valence-electron chi connectivity index (χ2n) is 4.33. The molecular weight excluding hydrogens is 248 g/mol. The molecule has 0 saturated heterocycles. The summed E-state index contributed by atoms with van der Waals surface area (Å²) in [6.45, 7) is 4.47. The fraction of sp³-hybridized carbons (Fsp3) is 0.333. The van der Waals surface area contributed by atoms with Gasteiger partial charge in [0.05, 0.1) is 11.5 Å². The predicted octanol–water partition coefficient (Wildman–Crippen LogP) is 2.14. The Balaban J connectivity index is 2.25. The molecule has 7 heteroatoms. The SMILES string of the molecule is CC(C)NCc1noc(-c2ccccc2[N+](=O)[O-])n1. The number of rotatable bonds is 5. The normalized spacial score (nSPS) is 10.9. The smallest absolute Gasteiger partial charge is 0.282 e. The molecule has 0 saturated carbocycles. The minimum absolute atomic E-state index is 0.0467. The molecule has 2 rings (SSSR count). The first kappa shape index (κ1) is 13.2. The third-order valence-electron chi connectivity index (χ3n) is 2.47. The Hall–Kier alpha value is -2.28. The van der Waals surface area contributed by atoms with Gasteiger partial charge in [0.2, 0.25) is 0 Å². The van der Waals surface area contributed by atoms with Crippen LogP contribution in [-0.2, 0) is 6.54 Å². The fourth-order valence-corrected chi connectivity index (χ4v) is 1.54. The summed E-state index contributed by atoms with van der Waals surface area (Å²) in [4.78, 5) is 14.6. The lowest BCUT2D eigenvalue weighted by atomic mass is 10.2. The van der Waals surface area contributed by atoms with E-state index in [2.05, 4.69) is 15.5 Å². The van der Waals surface area contributed by atoms with Crippen molar-refractivity contribution in [1.82, 2.24) is 15.5 Å². The van der Waals surface area contributed by atoms with Crippen molar-refractivity contribution in [2.24, 2.45) is 0 Å². The Morgan fingerprint density at radius 1 is 1.42 bits per heavy atom. The Morgan fingerprint density at radius 3 is 2.84 bits per heavy atom. The second-order valence-corrected chi connectivity index (χ2v) is 4.33. The first-order valence-electron chi connectivity index (χ1n) is 5.87. The monoisotopic (exact) mass is 262 g/mol. The van der Waals surface area contributed by atoms with Crippen molar-refractivity contribution in [3.8, 4) is 11.5 Å². The Kier molecular flexibility index (Phi) is 3.86. The Labute approximate surface area is 109 Å². The van der Waals surface area contributed by atoms with E-state index >= 15 is 0 Å². The van der Waals surface area contributed by atoms with Gasteiger partial charge in [-0.25, -0.2) is 0 Å². The van der Waals surface area contributed by atoms with Crippen LogP contribution in [0.2, 0.25) is 0 Å². The van der Waals surface area contributed by atoms with E-state index in [1.54, 1.807) is 18.2 Å². The number of nitrogens with zero attached hydrogens (tertiary/aromatic N) is 3. The van der Waals surface area contributed by atoms with E-state index in [-0.39, 0.29) is 11.6 Å². The average Bonchev–Trinajstić information content (AvgIpc) is 2.85. The minimum Gasteiger partial charge on any atom is -0.334 e. The third-order valence-corrected chi connectivity index (χ3v) is 2.47. The predicted molar refractivity (Wildman–Crippen MR) is 68.4 cm³/mol. The molecule has 0 atom stereocenters. The number of benzene rings is 1. The van der Waals surface area contributed by atoms with Gasteiger partial charge in [-0.3, -0.25) is 10.1 Å². The summed E-state index contributed by atoms with van der Waals surface area (Å²) in [5, 5.41) is 17.9. The Morgan fingerprint density at radius 2 is 2.16 bits per heavy atom. The van der Waals surface area contributed by atoms with Crippen molar-refractivity contribution in [2.45, 2.75) is 26.4 Å². The van der Waals surface area contributed by atoms with Gasteiger partial charge >= 0.3 is 0 Å². The van der Waals surface area contributed by atoms with Crippen molar-refractivity contribution < 1.29 is 9.45 Å². The van der Waals surface area contributed by atoms with E-state index < -0.39 is 4.92 Å². The zero-order valence-corrected chi connectivity index (χ0v) is 10.7. The molecule has 0 radical (unpaired) electrons. The minimum atomic E-state index is -0.467. The van der Waals surface area contributed by atoms with Crippen molar-refractivity contribution in [1.29, 1.82) is 0 Å². The summed E-state index contributed by atoms with van der Waals surface area (Å²) in [5.41, 5.74) is 0.283. The van der Waals surface area contributed by atoms with Gasteiger partial charge in [0.25, 0.3) is 11.6 Å². The molecule has 7 nitrogen and oxygen atoms in total. The number of nitrogens with one attached hydrogen (secondary N) is 1. The van der Waals surface area contributed by atoms with Crippen LogP contribution in [0.25, 0.3) is 11.5 Å². The highest BCUT2D eigenvalue weighted by molar-refractivity contribution is 5.66. The zero-order valence-electron chi connectivity index (χ0n) is 10.7. The quantitative estimate of drug-likeness (QED) is 0.655. The van der Waals surface area contributed by atoms with Crippen LogP contribution in [0.3, 0.4) is 0 Å². The van der Waals surface area contributed by atoms with Crippen LogP contribution in [0.4, 0.5) is 5.69 Å². The molecule has 2 aromatic rings. The van der Waals surface area contributed by atoms with Gasteiger partial charge in [-0.15, -0.1) is 0 Å².